The van der Waals surface area contributed by atoms with Gasteiger partial charge in [0.2, 0.25) is 0 Å². The number of aromatic nitrogens is 2. The molecule has 1 heterocycles. The topological polar surface area (TPSA) is 83.8 Å². The summed E-state index contributed by atoms with van der Waals surface area (Å²) in [6, 6.07) is 5.48. The second-order valence-electron chi connectivity index (χ2n) is 4.41. The molecule has 102 valence electrons. The van der Waals surface area contributed by atoms with Crippen LogP contribution in [0, 0.1) is 0 Å². The number of aromatic amines is 1. The van der Waals surface area contributed by atoms with Crippen molar-refractivity contribution in [2.75, 3.05) is 17.2 Å². The van der Waals surface area contributed by atoms with Gasteiger partial charge in [0, 0.05) is 22.9 Å². The minimum atomic E-state index is -0.166. The number of thioether (sulfide) groups is 1. The van der Waals surface area contributed by atoms with E-state index in [0.717, 1.165) is 22.4 Å². The molecule has 0 aliphatic carbocycles. The van der Waals surface area contributed by atoms with E-state index in [0.29, 0.717) is 11.4 Å². The zero-order valence-electron chi connectivity index (χ0n) is 11.1. The van der Waals surface area contributed by atoms with Crippen LogP contribution >= 0.6 is 11.8 Å². The number of nitrogens with one attached hydrogen (secondary N) is 2. The number of H-pyrrole nitrogens is 1. The molecule has 2 rings (SSSR count). The third-order valence-corrected chi connectivity index (χ3v) is 3.90. The molecule has 0 spiro atoms. The van der Waals surface area contributed by atoms with Gasteiger partial charge < -0.3 is 11.1 Å². The summed E-state index contributed by atoms with van der Waals surface area (Å²) in [6.07, 6.45) is 0. The number of benzene rings is 1. The lowest BCUT2D eigenvalue weighted by atomic mass is 10.2. The van der Waals surface area contributed by atoms with E-state index in [9.17, 15) is 4.79 Å². The first-order chi connectivity index (χ1) is 9.11. The van der Waals surface area contributed by atoms with Gasteiger partial charge in [0.05, 0.1) is 5.52 Å². The number of nitrogen functional groups attached to an aromatic ring is 1. The summed E-state index contributed by atoms with van der Waals surface area (Å²) in [5.74, 6) is 1.77. The van der Waals surface area contributed by atoms with Crippen molar-refractivity contribution in [2.45, 2.75) is 19.9 Å². The van der Waals surface area contributed by atoms with E-state index in [1.54, 1.807) is 23.9 Å². The molecule has 0 fully saturated rings. The molecule has 1 aromatic heterocycles. The van der Waals surface area contributed by atoms with E-state index >= 15 is 0 Å². The molecule has 1 aromatic carbocycles. The number of fused-ring (bicyclic) bond motifs is 1. The van der Waals surface area contributed by atoms with Gasteiger partial charge in [-0.05, 0) is 30.9 Å². The Kier molecular flexibility index (Phi) is 4.31. The molecular formula is C13H18N4OS. The van der Waals surface area contributed by atoms with E-state index in [2.05, 4.69) is 22.4 Å². The van der Waals surface area contributed by atoms with E-state index < -0.39 is 0 Å². The average molecular weight is 278 g/mol. The molecule has 2 aromatic rings. The van der Waals surface area contributed by atoms with Gasteiger partial charge in [-0.25, -0.2) is 0 Å². The van der Waals surface area contributed by atoms with Crippen molar-refractivity contribution < 1.29 is 4.79 Å². The molecule has 0 saturated carbocycles. The van der Waals surface area contributed by atoms with Crippen LogP contribution in [0.4, 0.5) is 5.69 Å². The highest BCUT2D eigenvalue weighted by atomic mass is 32.2. The van der Waals surface area contributed by atoms with Crippen molar-refractivity contribution in [1.82, 2.24) is 15.5 Å². The fraction of sp³-hybridized carbons (Fsp3) is 0.385. The molecule has 0 aliphatic heterocycles. The van der Waals surface area contributed by atoms with Gasteiger partial charge in [-0.1, -0.05) is 6.92 Å². The smallest absolute Gasteiger partial charge is 0.272 e. The van der Waals surface area contributed by atoms with Crippen LogP contribution in [-0.2, 0) is 0 Å². The Balaban J connectivity index is 2.15. The maximum Gasteiger partial charge on any atom is 0.272 e. The highest BCUT2D eigenvalue weighted by Gasteiger charge is 2.16. The number of carbonyl (C=O) groups is 1. The normalized spacial score (nSPS) is 12.5. The average Bonchev–Trinajstić information content (AvgIpc) is 2.79. The molecular weight excluding hydrogens is 260 g/mol. The maximum atomic E-state index is 12.2. The molecule has 0 bridgehead atoms. The van der Waals surface area contributed by atoms with Gasteiger partial charge in [0.15, 0.2) is 5.69 Å². The van der Waals surface area contributed by atoms with Gasteiger partial charge in [-0.2, -0.15) is 16.9 Å². The fourth-order valence-electron chi connectivity index (χ4n) is 1.83. The molecule has 0 saturated heterocycles. The molecule has 19 heavy (non-hydrogen) atoms. The van der Waals surface area contributed by atoms with Crippen LogP contribution in [0.5, 0.6) is 0 Å². The molecule has 5 nitrogen and oxygen atoms in total. The van der Waals surface area contributed by atoms with Gasteiger partial charge in [-0.3, -0.25) is 9.89 Å². The van der Waals surface area contributed by atoms with Crippen molar-refractivity contribution in [3.8, 4) is 0 Å². The second-order valence-corrected chi connectivity index (χ2v) is 5.73. The van der Waals surface area contributed by atoms with Gasteiger partial charge >= 0.3 is 0 Å². The first-order valence-corrected chi connectivity index (χ1v) is 7.39. The van der Waals surface area contributed by atoms with Crippen LogP contribution in [0.25, 0.3) is 10.9 Å². The third kappa shape index (κ3) is 3.20. The maximum absolute atomic E-state index is 12.2. The standard InChI is InChI=1S/C13H18N4OS/c1-3-19-7-8(2)15-13(18)12-10-6-9(14)4-5-11(10)16-17-12/h4-6,8H,3,7,14H2,1-2H3,(H,15,18)(H,16,17). The van der Waals surface area contributed by atoms with Gasteiger partial charge in [0.25, 0.3) is 5.91 Å². The predicted octanol–water partition coefficient (Wildman–Crippen LogP) is 2.02. The largest absolute Gasteiger partial charge is 0.399 e. The molecule has 0 radical (unpaired) electrons. The zero-order valence-corrected chi connectivity index (χ0v) is 11.9. The predicted molar refractivity (Wildman–Crippen MR) is 80.4 cm³/mol. The minimum Gasteiger partial charge on any atom is -0.399 e. The number of amides is 1. The highest BCUT2D eigenvalue weighted by molar-refractivity contribution is 7.99. The quantitative estimate of drug-likeness (QED) is 0.731. The summed E-state index contributed by atoms with van der Waals surface area (Å²) in [7, 11) is 0. The lowest BCUT2D eigenvalue weighted by Crippen LogP contribution is -2.34. The monoisotopic (exact) mass is 278 g/mol. The SMILES string of the molecule is CCSCC(C)NC(=O)c1n[nH]c2ccc(N)cc12. The van der Waals surface area contributed by atoms with Crippen LogP contribution in [0.2, 0.25) is 0 Å². The Morgan fingerprint density at radius 2 is 2.37 bits per heavy atom. The van der Waals surface area contributed by atoms with Crippen LogP contribution in [0.15, 0.2) is 18.2 Å². The van der Waals surface area contributed by atoms with E-state index in [-0.39, 0.29) is 11.9 Å². The Hall–Kier alpha value is -1.69. The molecule has 0 aliphatic rings. The Bertz CT molecular complexity index is 581. The number of nitrogens with two attached hydrogens (primary N) is 1. The van der Waals surface area contributed by atoms with E-state index in [4.69, 9.17) is 5.73 Å². The number of carbonyl (C=O) groups excluding carboxylic acids is 1. The van der Waals surface area contributed by atoms with Crippen molar-refractivity contribution in [1.29, 1.82) is 0 Å². The second kappa shape index (κ2) is 5.97. The third-order valence-electron chi connectivity index (χ3n) is 2.75. The Morgan fingerprint density at radius 3 is 3.11 bits per heavy atom. The zero-order chi connectivity index (χ0) is 13.8. The van der Waals surface area contributed by atoms with Crippen LogP contribution in [-0.4, -0.2) is 33.7 Å². The summed E-state index contributed by atoms with van der Waals surface area (Å²) in [5, 5.41) is 10.6. The van der Waals surface area contributed by atoms with Crippen LogP contribution in [0.3, 0.4) is 0 Å². The number of hydrogen-bond acceptors (Lipinski definition) is 4. The van der Waals surface area contributed by atoms with Crippen molar-refractivity contribution >= 4 is 34.3 Å². The minimum absolute atomic E-state index is 0.116. The Morgan fingerprint density at radius 1 is 1.58 bits per heavy atom. The number of anilines is 1. The summed E-state index contributed by atoms with van der Waals surface area (Å²) in [6.45, 7) is 4.09. The highest BCUT2D eigenvalue weighted by Crippen LogP contribution is 2.19. The fourth-order valence-corrected chi connectivity index (χ4v) is 2.51. The van der Waals surface area contributed by atoms with Crippen molar-refractivity contribution in [3.63, 3.8) is 0 Å². The lowest BCUT2D eigenvalue weighted by molar-refractivity contribution is 0.0940. The van der Waals surface area contributed by atoms with Crippen LogP contribution < -0.4 is 11.1 Å². The summed E-state index contributed by atoms with van der Waals surface area (Å²) < 4.78 is 0. The molecule has 4 N–H and O–H groups in total. The van der Waals surface area contributed by atoms with Crippen LogP contribution in [0.1, 0.15) is 24.3 Å². The molecule has 6 heteroatoms. The molecule has 1 unspecified atom stereocenters. The molecule has 1 amide bonds. The lowest BCUT2D eigenvalue weighted by Gasteiger charge is -2.11. The van der Waals surface area contributed by atoms with Crippen molar-refractivity contribution in [2.24, 2.45) is 0 Å². The first-order valence-electron chi connectivity index (χ1n) is 6.24. The van der Waals surface area contributed by atoms with E-state index in [1.165, 1.54) is 0 Å². The first kappa shape index (κ1) is 13.7. The van der Waals surface area contributed by atoms with E-state index in [1.807, 2.05) is 13.0 Å². The van der Waals surface area contributed by atoms with Crippen molar-refractivity contribution in [3.05, 3.63) is 23.9 Å². The summed E-state index contributed by atoms with van der Waals surface area (Å²) >= 11 is 1.80. The summed E-state index contributed by atoms with van der Waals surface area (Å²) in [5.41, 5.74) is 7.58. The number of hydrogen-bond donors (Lipinski definition) is 3. The van der Waals surface area contributed by atoms with Gasteiger partial charge in [-0.15, -0.1) is 0 Å². The molecule has 1 atom stereocenters. The van der Waals surface area contributed by atoms with Gasteiger partial charge in [0.1, 0.15) is 0 Å². The number of nitrogens with zero attached hydrogens (tertiary/aromatic N) is 1. The summed E-state index contributed by atoms with van der Waals surface area (Å²) in [4.78, 5) is 12.2. The Labute approximate surface area is 116 Å². The number of rotatable bonds is 5.